The van der Waals surface area contributed by atoms with E-state index in [0.29, 0.717) is 5.69 Å². The van der Waals surface area contributed by atoms with Crippen molar-refractivity contribution in [1.29, 1.82) is 0 Å². The number of halogens is 3. The molecule has 0 radical (unpaired) electrons. The molecule has 1 amide bonds. The number of ether oxygens (including phenoxy) is 1. The largest absolute Gasteiger partial charge is 0.504 e. The minimum Gasteiger partial charge on any atom is -0.504 e. The Morgan fingerprint density at radius 1 is 1.14 bits per heavy atom. The fourth-order valence-electron chi connectivity index (χ4n) is 1.78. The number of carbonyl (C=O) groups is 1. The minimum atomic E-state index is -4.45. The lowest BCUT2D eigenvalue weighted by atomic mass is 10.1. The average Bonchev–Trinajstić information content (AvgIpc) is 2.46. The smallest absolute Gasteiger partial charge is 0.416 e. The second kappa shape index (κ2) is 5.97. The predicted octanol–water partition coefficient (Wildman–Crippen LogP) is 3.67. The van der Waals surface area contributed by atoms with E-state index in [1.807, 2.05) is 0 Å². The molecule has 0 aliphatic heterocycles. The molecular formula is C15H12F3NO3. The SMILES string of the molecule is COc1ccc(NC(=O)c2ccc(C(F)(F)F)cc2)cc1O. The molecule has 0 aliphatic carbocycles. The van der Waals surface area contributed by atoms with Gasteiger partial charge in [-0.3, -0.25) is 4.79 Å². The summed E-state index contributed by atoms with van der Waals surface area (Å²) in [7, 11) is 1.38. The number of phenolic OH excluding ortho intramolecular Hbond substituents is 1. The van der Waals surface area contributed by atoms with Gasteiger partial charge in [-0.2, -0.15) is 13.2 Å². The molecule has 0 aliphatic rings. The van der Waals surface area contributed by atoms with Crippen LogP contribution in [-0.4, -0.2) is 18.1 Å². The normalized spacial score (nSPS) is 11.1. The molecule has 0 bridgehead atoms. The van der Waals surface area contributed by atoms with Crippen molar-refractivity contribution in [2.75, 3.05) is 12.4 Å². The van der Waals surface area contributed by atoms with Crippen LogP contribution in [0.3, 0.4) is 0 Å². The highest BCUT2D eigenvalue weighted by Gasteiger charge is 2.30. The molecule has 0 aromatic heterocycles. The number of anilines is 1. The molecular weight excluding hydrogens is 299 g/mol. The van der Waals surface area contributed by atoms with Crippen molar-refractivity contribution < 1.29 is 27.8 Å². The number of aromatic hydroxyl groups is 1. The topological polar surface area (TPSA) is 58.6 Å². The number of benzene rings is 2. The summed E-state index contributed by atoms with van der Waals surface area (Å²) in [4.78, 5) is 11.9. The zero-order valence-electron chi connectivity index (χ0n) is 11.4. The third-order valence-corrected chi connectivity index (χ3v) is 2.91. The van der Waals surface area contributed by atoms with E-state index in [1.165, 1.54) is 25.3 Å². The van der Waals surface area contributed by atoms with Crippen LogP contribution in [0.5, 0.6) is 11.5 Å². The molecule has 0 saturated heterocycles. The average molecular weight is 311 g/mol. The number of rotatable bonds is 3. The molecule has 0 atom stereocenters. The molecule has 2 N–H and O–H groups in total. The van der Waals surface area contributed by atoms with Crippen LogP contribution in [0.25, 0.3) is 0 Å². The van der Waals surface area contributed by atoms with Crippen LogP contribution in [-0.2, 0) is 6.18 Å². The Morgan fingerprint density at radius 2 is 1.77 bits per heavy atom. The quantitative estimate of drug-likeness (QED) is 0.909. The number of phenols is 1. The maximum absolute atomic E-state index is 12.4. The van der Waals surface area contributed by atoms with Crippen molar-refractivity contribution in [2.45, 2.75) is 6.18 Å². The van der Waals surface area contributed by atoms with Crippen LogP contribution in [0.2, 0.25) is 0 Å². The van der Waals surface area contributed by atoms with Crippen LogP contribution in [0, 0.1) is 0 Å². The molecule has 7 heteroatoms. The Morgan fingerprint density at radius 3 is 2.27 bits per heavy atom. The van der Waals surface area contributed by atoms with E-state index in [2.05, 4.69) is 5.32 Å². The molecule has 0 heterocycles. The third-order valence-electron chi connectivity index (χ3n) is 2.91. The second-order valence-corrected chi connectivity index (χ2v) is 4.42. The summed E-state index contributed by atoms with van der Waals surface area (Å²) >= 11 is 0. The standard InChI is InChI=1S/C15H12F3NO3/c1-22-13-7-6-11(8-12(13)20)19-14(21)9-2-4-10(5-3-9)15(16,17)18/h2-8,20H,1H3,(H,19,21). The van der Waals surface area contributed by atoms with E-state index in [9.17, 15) is 23.1 Å². The van der Waals surface area contributed by atoms with Crippen molar-refractivity contribution in [2.24, 2.45) is 0 Å². The Bertz CT molecular complexity index is 681. The third kappa shape index (κ3) is 3.49. The van der Waals surface area contributed by atoms with E-state index in [-0.39, 0.29) is 17.1 Å². The molecule has 2 aromatic rings. The van der Waals surface area contributed by atoms with Crippen molar-refractivity contribution in [3.63, 3.8) is 0 Å². The summed E-state index contributed by atoms with van der Waals surface area (Å²) in [6, 6.07) is 8.07. The highest BCUT2D eigenvalue weighted by molar-refractivity contribution is 6.04. The van der Waals surface area contributed by atoms with Crippen molar-refractivity contribution in [1.82, 2.24) is 0 Å². The van der Waals surface area contributed by atoms with Gasteiger partial charge < -0.3 is 15.2 Å². The summed E-state index contributed by atoms with van der Waals surface area (Å²) < 4.78 is 42.2. The molecule has 0 spiro atoms. The number of alkyl halides is 3. The van der Waals surface area contributed by atoms with Gasteiger partial charge >= 0.3 is 6.18 Å². The number of amides is 1. The van der Waals surface area contributed by atoms with Crippen molar-refractivity contribution in [3.8, 4) is 11.5 Å². The molecule has 2 rings (SSSR count). The molecule has 4 nitrogen and oxygen atoms in total. The van der Waals surface area contributed by atoms with E-state index in [1.54, 1.807) is 0 Å². The van der Waals surface area contributed by atoms with Gasteiger partial charge in [-0.1, -0.05) is 0 Å². The summed E-state index contributed by atoms with van der Waals surface area (Å²) in [6.07, 6.45) is -4.45. The van der Waals surface area contributed by atoms with Crippen LogP contribution in [0.4, 0.5) is 18.9 Å². The van der Waals surface area contributed by atoms with Crippen molar-refractivity contribution in [3.05, 3.63) is 53.6 Å². The lowest BCUT2D eigenvalue weighted by Gasteiger charge is -2.09. The number of nitrogens with one attached hydrogen (secondary N) is 1. The number of hydrogen-bond donors (Lipinski definition) is 2. The van der Waals surface area contributed by atoms with Gasteiger partial charge in [0, 0.05) is 17.3 Å². The zero-order valence-corrected chi connectivity index (χ0v) is 11.4. The second-order valence-electron chi connectivity index (χ2n) is 4.42. The monoisotopic (exact) mass is 311 g/mol. The number of methoxy groups -OCH3 is 1. The number of carbonyl (C=O) groups excluding carboxylic acids is 1. The molecule has 0 unspecified atom stereocenters. The van der Waals surface area contributed by atoms with Gasteiger partial charge in [0.1, 0.15) is 0 Å². The Balaban J connectivity index is 2.14. The van der Waals surface area contributed by atoms with Gasteiger partial charge in [0.15, 0.2) is 11.5 Å². The molecule has 2 aromatic carbocycles. The Labute approximate surface area is 124 Å². The van der Waals surface area contributed by atoms with Gasteiger partial charge in [0.2, 0.25) is 0 Å². The maximum atomic E-state index is 12.4. The maximum Gasteiger partial charge on any atom is 0.416 e. The summed E-state index contributed by atoms with van der Waals surface area (Å²) in [6.45, 7) is 0. The first kappa shape index (κ1) is 15.7. The first-order valence-corrected chi connectivity index (χ1v) is 6.17. The van der Waals surface area contributed by atoms with Crippen LogP contribution < -0.4 is 10.1 Å². The zero-order chi connectivity index (χ0) is 16.3. The highest BCUT2D eigenvalue weighted by Crippen LogP contribution is 2.30. The molecule has 0 saturated carbocycles. The molecule has 22 heavy (non-hydrogen) atoms. The highest BCUT2D eigenvalue weighted by atomic mass is 19.4. The van der Waals surface area contributed by atoms with Gasteiger partial charge in [-0.25, -0.2) is 0 Å². The van der Waals surface area contributed by atoms with Crippen LogP contribution in [0.15, 0.2) is 42.5 Å². The Hall–Kier alpha value is -2.70. The van der Waals surface area contributed by atoms with E-state index >= 15 is 0 Å². The van der Waals surface area contributed by atoms with Crippen LogP contribution >= 0.6 is 0 Å². The molecule has 0 fully saturated rings. The Kier molecular flexibility index (Phi) is 4.25. The lowest BCUT2D eigenvalue weighted by molar-refractivity contribution is -0.137. The fourth-order valence-corrected chi connectivity index (χ4v) is 1.78. The summed E-state index contributed by atoms with van der Waals surface area (Å²) in [5.41, 5.74) is -0.461. The first-order chi connectivity index (χ1) is 10.3. The van der Waals surface area contributed by atoms with E-state index < -0.39 is 17.6 Å². The van der Waals surface area contributed by atoms with Gasteiger partial charge in [0.05, 0.1) is 12.7 Å². The first-order valence-electron chi connectivity index (χ1n) is 6.17. The number of hydrogen-bond acceptors (Lipinski definition) is 3. The van der Waals surface area contributed by atoms with Gasteiger partial charge in [-0.05, 0) is 36.4 Å². The lowest BCUT2D eigenvalue weighted by Crippen LogP contribution is -2.12. The van der Waals surface area contributed by atoms with E-state index in [4.69, 9.17) is 4.74 Å². The van der Waals surface area contributed by atoms with Crippen LogP contribution in [0.1, 0.15) is 15.9 Å². The predicted molar refractivity (Wildman–Crippen MR) is 74.1 cm³/mol. The summed E-state index contributed by atoms with van der Waals surface area (Å²) in [5, 5.41) is 12.1. The summed E-state index contributed by atoms with van der Waals surface area (Å²) in [5.74, 6) is -0.501. The molecule has 116 valence electrons. The minimum absolute atomic E-state index is 0.0725. The fraction of sp³-hybridized carbons (Fsp3) is 0.133. The van der Waals surface area contributed by atoms with Gasteiger partial charge in [0.25, 0.3) is 5.91 Å². The van der Waals surface area contributed by atoms with Gasteiger partial charge in [-0.15, -0.1) is 0 Å². The van der Waals surface area contributed by atoms with E-state index in [0.717, 1.165) is 24.3 Å². The van der Waals surface area contributed by atoms with Crippen molar-refractivity contribution >= 4 is 11.6 Å².